The Morgan fingerprint density at radius 1 is 1.33 bits per heavy atom. The lowest BCUT2D eigenvalue weighted by Gasteiger charge is -2.32. The van der Waals surface area contributed by atoms with Crippen LogP contribution in [-0.4, -0.2) is 11.1 Å². The minimum atomic E-state index is -0.696. The molecule has 2 aliphatic carbocycles. The minimum absolute atomic E-state index is 0.394. The van der Waals surface area contributed by atoms with E-state index in [0.717, 1.165) is 6.42 Å². The van der Waals surface area contributed by atoms with Crippen LogP contribution in [0.15, 0.2) is 11.6 Å². The van der Waals surface area contributed by atoms with Crippen molar-refractivity contribution in [1.29, 1.82) is 0 Å². The second-order valence-corrected chi connectivity index (χ2v) is 3.84. The summed E-state index contributed by atoms with van der Waals surface area (Å²) in [5, 5.41) is 8.80. The van der Waals surface area contributed by atoms with Crippen molar-refractivity contribution in [3.05, 3.63) is 11.6 Å². The zero-order valence-electron chi connectivity index (χ0n) is 7.12. The molecule has 2 aliphatic rings. The van der Waals surface area contributed by atoms with Crippen LogP contribution < -0.4 is 0 Å². The second-order valence-electron chi connectivity index (χ2n) is 3.84. The second kappa shape index (κ2) is 2.92. The average molecular weight is 166 g/mol. The van der Waals surface area contributed by atoms with Crippen LogP contribution in [0.25, 0.3) is 0 Å². The number of carboxylic acid groups (broad SMARTS) is 1. The standard InChI is InChI=1S/C10H14O2/c11-10(12)9-6-7-4-2-1-3-5-8(7)9/h6-8H,1-5H2,(H,11,12). The van der Waals surface area contributed by atoms with Crippen LogP contribution in [0.3, 0.4) is 0 Å². The Kier molecular flexibility index (Phi) is 1.91. The fourth-order valence-electron chi connectivity index (χ4n) is 2.39. The van der Waals surface area contributed by atoms with E-state index in [4.69, 9.17) is 5.11 Å². The fourth-order valence-corrected chi connectivity index (χ4v) is 2.39. The van der Waals surface area contributed by atoms with Crippen LogP contribution in [0.2, 0.25) is 0 Å². The molecule has 0 aromatic heterocycles. The van der Waals surface area contributed by atoms with Gasteiger partial charge in [0.1, 0.15) is 0 Å². The molecule has 0 aliphatic heterocycles. The Hall–Kier alpha value is -0.790. The van der Waals surface area contributed by atoms with Crippen molar-refractivity contribution in [3.8, 4) is 0 Å². The molecule has 2 unspecified atom stereocenters. The first-order valence-corrected chi connectivity index (χ1v) is 4.74. The van der Waals surface area contributed by atoms with E-state index in [1.54, 1.807) is 0 Å². The van der Waals surface area contributed by atoms with Crippen LogP contribution in [0.1, 0.15) is 32.1 Å². The highest BCUT2D eigenvalue weighted by Gasteiger charge is 2.36. The molecule has 1 fully saturated rings. The molecule has 66 valence electrons. The number of hydrogen-bond donors (Lipinski definition) is 1. The maximum absolute atomic E-state index is 10.7. The van der Waals surface area contributed by atoms with E-state index in [9.17, 15) is 4.79 Å². The van der Waals surface area contributed by atoms with Crippen LogP contribution in [0.4, 0.5) is 0 Å². The molecule has 2 nitrogen and oxygen atoms in total. The number of aliphatic carboxylic acids is 1. The molecule has 0 aromatic carbocycles. The quantitative estimate of drug-likeness (QED) is 0.648. The third kappa shape index (κ3) is 1.15. The summed E-state index contributed by atoms with van der Waals surface area (Å²) in [7, 11) is 0. The summed E-state index contributed by atoms with van der Waals surface area (Å²) < 4.78 is 0. The Labute approximate surface area is 72.3 Å². The Morgan fingerprint density at radius 3 is 2.83 bits per heavy atom. The van der Waals surface area contributed by atoms with Gasteiger partial charge in [0.05, 0.1) is 0 Å². The molecule has 0 heterocycles. The van der Waals surface area contributed by atoms with E-state index in [2.05, 4.69) is 0 Å². The largest absolute Gasteiger partial charge is 0.478 e. The summed E-state index contributed by atoms with van der Waals surface area (Å²) in [4.78, 5) is 10.7. The molecular weight excluding hydrogens is 152 g/mol. The van der Waals surface area contributed by atoms with E-state index in [1.165, 1.54) is 25.7 Å². The smallest absolute Gasteiger partial charge is 0.331 e. The maximum Gasteiger partial charge on any atom is 0.331 e. The van der Waals surface area contributed by atoms with Gasteiger partial charge in [0.25, 0.3) is 0 Å². The van der Waals surface area contributed by atoms with Crippen LogP contribution in [0.5, 0.6) is 0 Å². The molecule has 0 bridgehead atoms. The first-order valence-electron chi connectivity index (χ1n) is 4.74. The van der Waals surface area contributed by atoms with Gasteiger partial charge >= 0.3 is 5.97 Å². The highest BCUT2D eigenvalue weighted by molar-refractivity contribution is 5.89. The lowest BCUT2D eigenvalue weighted by atomic mass is 9.72. The molecular formula is C10H14O2. The monoisotopic (exact) mass is 166 g/mol. The Balaban J connectivity index is 2.08. The molecule has 2 heteroatoms. The van der Waals surface area contributed by atoms with Gasteiger partial charge in [-0.15, -0.1) is 0 Å². The van der Waals surface area contributed by atoms with Crippen molar-refractivity contribution in [2.24, 2.45) is 11.8 Å². The van der Waals surface area contributed by atoms with Gasteiger partial charge in [-0.05, 0) is 24.7 Å². The average Bonchev–Trinajstić information content (AvgIpc) is 2.13. The summed E-state index contributed by atoms with van der Waals surface area (Å²) in [6.45, 7) is 0. The SMILES string of the molecule is O=C(O)C1=CC2CCCCCC12. The third-order valence-corrected chi connectivity index (χ3v) is 3.11. The number of hydrogen-bond acceptors (Lipinski definition) is 1. The first kappa shape index (κ1) is 7.84. The molecule has 1 saturated carbocycles. The molecule has 0 spiro atoms. The van der Waals surface area contributed by atoms with E-state index in [0.29, 0.717) is 17.4 Å². The zero-order chi connectivity index (χ0) is 8.55. The predicted octanol–water partition coefficient (Wildman–Crippen LogP) is 2.21. The summed E-state index contributed by atoms with van der Waals surface area (Å²) in [5.41, 5.74) is 0.682. The summed E-state index contributed by atoms with van der Waals surface area (Å²) in [6, 6.07) is 0. The van der Waals surface area contributed by atoms with Crippen molar-refractivity contribution >= 4 is 5.97 Å². The van der Waals surface area contributed by atoms with E-state index < -0.39 is 5.97 Å². The number of rotatable bonds is 1. The molecule has 2 atom stereocenters. The fraction of sp³-hybridized carbons (Fsp3) is 0.700. The Bertz CT molecular complexity index is 230. The van der Waals surface area contributed by atoms with Crippen molar-refractivity contribution in [2.75, 3.05) is 0 Å². The third-order valence-electron chi connectivity index (χ3n) is 3.11. The lowest BCUT2D eigenvalue weighted by Crippen LogP contribution is -2.28. The number of carbonyl (C=O) groups is 1. The van der Waals surface area contributed by atoms with Gasteiger partial charge in [-0.2, -0.15) is 0 Å². The van der Waals surface area contributed by atoms with Crippen LogP contribution in [0, 0.1) is 11.8 Å². The van der Waals surface area contributed by atoms with Crippen LogP contribution in [-0.2, 0) is 4.79 Å². The summed E-state index contributed by atoms with van der Waals surface area (Å²) >= 11 is 0. The number of fused-ring (bicyclic) bond motifs is 1. The van der Waals surface area contributed by atoms with Crippen LogP contribution >= 0.6 is 0 Å². The molecule has 0 saturated heterocycles. The van der Waals surface area contributed by atoms with Crippen molar-refractivity contribution in [2.45, 2.75) is 32.1 Å². The zero-order valence-corrected chi connectivity index (χ0v) is 7.12. The molecule has 0 radical (unpaired) electrons. The highest BCUT2D eigenvalue weighted by Crippen LogP contribution is 2.42. The normalized spacial score (nSPS) is 34.2. The maximum atomic E-state index is 10.7. The van der Waals surface area contributed by atoms with Gasteiger partial charge in [-0.1, -0.05) is 25.3 Å². The van der Waals surface area contributed by atoms with E-state index >= 15 is 0 Å². The van der Waals surface area contributed by atoms with Gasteiger partial charge in [0.2, 0.25) is 0 Å². The van der Waals surface area contributed by atoms with E-state index in [1.807, 2.05) is 6.08 Å². The van der Waals surface area contributed by atoms with Gasteiger partial charge in [-0.3, -0.25) is 0 Å². The van der Waals surface area contributed by atoms with Gasteiger partial charge < -0.3 is 5.11 Å². The van der Waals surface area contributed by atoms with Gasteiger partial charge in [0.15, 0.2) is 0 Å². The molecule has 1 N–H and O–H groups in total. The molecule has 0 aromatic rings. The first-order chi connectivity index (χ1) is 5.79. The molecule has 0 amide bonds. The summed E-state index contributed by atoms with van der Waals surface area (Å²) in [6.07, 6.45) is 8.05. The van der Waals surface area contributed by atoms with Crippen molar-refractivity contribution in [1.82, 2.24) is 0 Å². The van der Waals surface area contributed by atoms with Crippen molar-refractivity contribution in [3.63, 3.8) is 0 Å². The molecule has 2 rings (SSSR count). The minimum Gasteiger partial charge on any atom is -0.478 e. The van der Waals surface area contributed by atoms with Gasteiger partial charge in [-0.25, -0.2) is 4.79 Å². The molecule has 12 heavy (non-hydrogen) atoms. The lowest BCUT2D eigenvalue weighted by molar-refractivity contribution is -0.134. The highest BCUT2D eigenvalue weighted by atomic mass is 16.4. The van der Waals surface area contributed by atoms with E-state index in [-0.39, 0.29) is 0 Å². The topological polar surface area (TPSA) is 37.3 Å². The van der Waals surface area contributed by atoms with Gasteiger partial charge in [0, 0.05) is 5.57 Å². The number of carboxylic acids is 1. The number of allylic oxidation sites excluding steroid dienone is 1. The predicted molar refractivity (Wildman–Crippen MR) is 45.8 cm³/mol. The van der Waals surface area contributed by atoms with Crippen molar-refractivity contribution < 1.29 is 9.90 Å². The summed E-state index contributed by atoms with van der Waals surface area (Å²) in [5.74, 6) is 0.293. The Morgan fingerprint density at radius 2 is 2.08 bits per heavy atom.